The lowest BCUT2D eigenvalue weighted by Crippen LogP contribution is -2.18. The molecule has 0 aliphatic rings. The molecule has 0 unspecified atom stereocenters. The third-order valence-corrected chi connectivity index (χ3v) is 3.39. The topological polar surface area (TPSA) is 32.6 Å². The van der Waals surface area contributed by atoms with Crippen LogP contribution in [-0.2, 0) is 5.72 Å². The second-order valence-corrected chi connectivity index (χ2v) is 5.14. The quantitative estimate of drug-likeness (QED) is 0.826. The van der Waals surface area contributed by atoms with Gasteiger partial charge in [0.25, 0.3) is 0 Å². The van der Waals surface area contributed by atoms with E-state index in [1.165, 1.54) is 5.56 Å². The van der Waals surface area contributed by atoms with Gasteiger partial charge in [-0.2, -0.15) is 0 Å². The SMILES string of the molecule is Cc1ccc([C@@](C)(O)N=Cc2cccs2)cc1. The standard InChI is InChI=1S/C14H15NOS/c1-11-5-7-12(8-6-11)14(2,16)15-10-13-4-3-9-17-13/h3-10,16H,1-2H3/t14-/m1/s1. The van der Waals surface area contributed by atoms with Gasteiger partial charge in [-0.1, -0.05) is 35.9 Å². The number of hydrogen-bond acceptors (Lipinski definition) is 3. The zero-order valence-corrected chi connectivity index (χ0v) is 10.7. The van der Waals surface area contributed by atoms with Gasteiger partial charge in [0.05, 0.1) is 0 Å². The van der Waals surface area contributed by atoms with E-state index in [4.69, 9.17) is 0 Å². The zero-order chi connectivity index (χ0) is 12.3. The Morgan fingerprint density at radius 1 is 1.24 bits per heavy atom. The van der Waals surface area contributed by atoms with Crippen LogP contribution in [0.4, 0.5) is 0 Å². The Morgan fingerprint density at radius 3 is 2.53 bits per heavy atom. The fourth-order valence-electron chi connectivity index (χ4n) is 1.50. The summed E-state index contributed by atoms with van der Waals surface area (Å²) in [5.74, 6) is 0. The number of aryl methyl sites for hydroxylation is 1. The van der Waals surface area contributed by atoms with Gasteiger partial charge in [0, 0.05) is 16.7 Å². The Kier molecular flexibility index (Phi) is 3.41. The van der Waals surface area contributed by atoms with Gasteiger partial charge in [-0.15, -0.1) is 11.3 Å². The van der Waals surface area contributed by atoms with Gasteiger partial charge in [0.2, 0.25) is 0 Å². The monoisotopic (exact) mass is 245 g/mol. The summed E-state index contributed by atoms with van der Waals surface area (Å²) in [7, 11) is 0. The van der Waals surface area contributed by atoms with E-state index in [1.54, 1.807) is 24.5 Å². The highest BCUT2D eigenvalue weighted by Gasteiger charge is 2.20. The van der Waals surface area contributed by atoms with Crippen LogP contribution in [0.25, 0.3) is 0 Å². The molecule has 1 aromatic heterocycles. The molecule has 1 heterocycles. The molecule has 2 nitrogen and oxygen atoms in total. The van der Waals surface area contributed by atoms with Gasteiger partial charge in [-0.3, -0.25) is 4.99 Å². The molecule has 1 aromatic carbocycles. The molecule has 0 aliphatic carbocycles. The van der Waals surface area contributed by atoms with E-state index >= 15 is 0 Å². The second-order valence-electron chi connectivity index (χ2n) is 4.16. The van der Waals surface area contributed by atoms with Crippen molar-refractivity contribution in [2.24, 2.45) is 4.99 Å². The van der Waals surface area contributed by atoms with E-state index in [0.717, 1.165) is 10.4 Å². The van der Waals surface area contributed by atoms with Crippen LogP contribution in [0.1, 0.15) is 22.9 Å². The average Bonchev–Trinajstić information content (AvgIpc) is 2.80. The summed E-state index contributed by atoms with van der Waals surface area (Å²) in [5, 5.41) is 12.3. The molecule has 1 atom stereocenters. The lowest BCUT2D eigenvalue weighted by atomic mass is 10.0. The van der Waals surface area contributed by atoms with E-state index in [9.17, 15) is 5.11 Å². The van der Waals surface area contributed by atoms with Crippen molar-refractivity contribution < 1.29 is 5.11 Å². The molecule has 0 amide bonds. The van der Waals surface area contributed by atoms with Crippen molar-refractivity contribution in [2.75, 3.05) is 0 Å². The minimum atomic E-state index is -1.17. The lowest BCUT2D eigenvalue weighted by Gasteiger charge is -2.18. The molecular formula is C14H15NOS. The highest BCUT2D eigenvalue weighted by atomic mass is 32.1. The van der Waals surface area contributed by atoms with Crippen LogP contribution in [0, 0.1) is 6.92 Å². The third kappa shape index (κ3) is 3.02. The summed E-state index contributed by atoms with van der Waals surface area (Å²) in [5.41, 5.74) is 0.806. The van der Waals surface area contributed by atoms with E-state index in [0.29, 0.717) is 0 Å². The first-order valence-electron chi connectivity index (χ1n) is 5.46. The summed E-state index contributed by atoms with van der Waals surface area (Å²) in [6, 6.07) is 11.7. The van der Waals surface area contributed by atoms with Gasteiger partial charge < -0.3 is 5.11 Å². The zero-order valence-electron chi connectivity index (χ0n) is 9.92. The van der Waals surface area contributed by atoms with E-state index in [-0.39, 0.29) is 0 Å². The molecule has 1 N–H and O–H groups in total. The van der Waals surface area contributed by atoms with Crippen molar-refractivity contribution >= 4 is 17.6 Å². The minimum absolute atomic E-state index is 0.802. The highest BCUT2D eigenvalue weighted by molar-refractivity contribution is 7.11. The molecule has 0 aliphatic heterocycles. The molecule has 0 saturated carbocycles. The van der Waals surface area contributed by atoms with Crippen LogP contribution >= 0.6 is 11.3 Å². The fourth-order valence-corrected chi connectivity index (χ4v) is 2.08. The number of benzene rings is 1. The van der Waals surface area contributed by atoms with Crippen molar-refractivity contribution in [1.29, 1.82) is 0 Å². The van der Waals surface area contributed by atoms with Gasteiger partial charge >= 0.3 is 0 Å². The van der Waals surface area contributed by atoms with Crippen molar-refractivity contribution in [3.8, 4) is 0 Å². The predicted octanol–water partition coefficient (Wildman–Crippen LogP) is 3.34. The van der Waals surface area contributed by atoms with Crippen molar-refractivity contribution in [1.82, 2.24) is 0 Å². The molecule has 0 fully saturated rings. The molecule has 2 aromatic rings. The number of nitrogens with zero attached hydrogens (tertiary/aromatic N) is 1. The molecule has 17 heavy (non-hydrogen) atoms. The minimum Gasteiger partial charge on any atom is -0.366 e. The van der Waals surface area contributed by atoms with Gasteiger partial charge in [0.15, 0.2) is 5.72 Å². The first kappa shape index (κ1) is 12.0. The molecule has 3 heteroatoms. The van der Waals surface area contributed by atoms with Crippen LogP contribution in [0.3, 0.4) is 0 Å². The lowest BCUT2D eigenvalue weighted by molar-refractivity contribution is 0.0683. The van der Waals surface area contributed by atoms with Gasteiger partial charge in [0.1, 0.15) is 0 Å². The molecule has 88 valence electrons. The largest absolute Gasteiger partial charge is 0.366 e. The summed E-state index contributed by atoms with van der Waals surface area (Å²) in [4.78, 5) is 5.28. The van der Waals surface area contributed by atoms with Gasteiger partial charge in [-0.25, -0.2) is 0 Å². The average molecular weight is 245 g/mol. The summed E-state index contributed by atoms with van der Waals surface area (Å²) in [6.45, 7) is 3.72. The molecular weight excluding hydrogens is 230 g/mol. The maximum atomic E-state index is 10.3. The van der Waals surface area contributed by atoms with E-state index < -0.39 is 5.72 Å². The first-order chi connectivity index (χ1) is 8.08. The smallest absolute Gasteiger partial charge is 0.179 e. The number of hydrogen-bond donors (Lipinski definition) is 1. The number of aliphatic imine (C=N–C) groups is 1. The summed E-state index contributed by atoms with van der Waals surface area (Å²) < 4.78 is 0. The molecule has 0 bridgehead atoms. The summed E-state index contributed by atoms with van der Waals surface area (Å²) >= 11 is 1.60. The normalized spacial score (nSPS) is 15.0. The highest BCUT2D eigenvalue weighted by Crippen LogP contribution is 2.22. The first-order valence-corrected chi connectivity index (χ1v) is 6.34. The van der Waals surface area contributed by atoms with Crippen molar-refractivity contribution in [2.45, 2.75) is 19.6 Å². The van der Waals surface area contributed by atoms with Crippen molar-refractivity contribution in [3.05, 3.63) is 57.8 Å². The Bertz CT molecular complexity index is 498. The van der Waals surface area contributed by atoms with Crippen LogP contribution in [0.5, 0.6) is 0 Å². The van der Waals surface area contributed by atoms with Crippen LogP contribution in [0.2, 0.25) is 0 Å². The number of thiophene rings is 1. The van der Waals surface area contributed by atoms with Crippen LogP contribution in [0.15, 0.2) is 46.8 Å². The second kappa shape index (κ2) is 4.82. The number of aliphatic hydroxyl groups is 1. The Hall–Kier alpha value is -1.45. The Balaban J connectivity index is 2.21. The van der Waals surface area contributed by atoms with Crippen LogP contribution < -0.4 is 0 Å². The Morgan fingerprint density at radius 2 is 1.94 bits per heavy atom. The van der Waals surface area contributed by atoms with Crippen LogP contribution in [-0.4, -0.2) is 11.3 Å². The molecule has 0 spiro atoms. The van der Waals surface area contributed by atoms with Crippen molar-refractivity contribution in [3.63, 3.8) is 0 Å². The maximum absolute atomic E-state index is 10.3. The molecule has 0 radical (unpaired) electrons. The molecule has 0 saturated heterocycles. The maximum Gasteiger partial charge on any atom is 0.179 e. The number of rotatable bonds is 3. The van der Waals surface area contributed by atoms with E-state index in [2.05, 4.69) is 4.99 Å². The van der Waals surface area contributed by atoms with E-state index in [1.807, 2.05) is 48.7 Å². The third-order valence-electron chi connectivity index (χ3n) is 2.58. The summed E-state index contributed by atoms with van der Waals surface area (Å²) in [6.07, 6.45) is 1.71. The fraction of sp³-hybridized carbons (Fsp3) is 0.214. The predicted molar refractivity (Wildman–Crippen MR) is 72.7 cm³/mol. The Labute approximate surface area is 105 Å². The van der Waals surface area contributed by atoms with Gasteiger partial charge in [-0.05, 0) is 25.3 Å². The molecule has 2 rings (SSSR count).